The number of nitrogens with zero attached hydrogens (tertiary/aromatic N) is 1. The molecule has 1 aromatic rings. The lowest BCUT2D eigenvalue weighted by Gasteiger charge is -2.22. The molecule has 5 heteroatoms. The molecular weight excluding hydrogens is 270 g/mol. The van der Waals surface area contributed by atoms with Gasteiger partial charge in [-0.25, -0.2) is 0 Å². The second kappa shape index (κ2) is 10.6. The smallest absolute Gasteiger partial charge is 0.119 e. The Morgan fingerprint density at radius 1 is 1.05 bits per heavy atom. The lowest BCUT2D eigenvalue weighted by molar-refractivity contribution is 0.118. The zero-order valence-electron chi connectivity index (χ0n) is 12.7. The van der Waals surface area contributed by atoms with Gasteiger partial charge in [-0.3, -0.25) is 4.90 Å². The van der Waals surface area contributed by atoms with Gasteiger partial charge < -0.3 is 20.1 Å². The first-order valence-corrected chi connectivity index (χ1v) is 7.56. The number of hydrogen-bond acceptors (Lipinski definition) is 5. The van der Waals surface area contributed by atoms with Crippen molar-refractivity contribution in [3.05, 3.63) is 29.8 Å². The molecule has 0 radical (unpaired) electrons. The summed E-state index contributed by atoms with van der Waals surface area (Å²) in [6.45, 7) is 4.52. The molecule has 0 aromatic heterocycles. The molecule has 21 heavy (non-hydrogen) atoms. The minimum absolute atomic E-state index is 0.0551. The van der Waals surface area contributed by atoms with Crippen molar-refractivity contribution in [2.75, 3.05) is 39.5 Å². The molecule has 1 aromatic carbocycles. The summed E-state index contributed by atoms with van der Waals surface area (Å²) in [5.41, 5.74) is 0.854. The zero-order valence-corrected chi connectivity index (χ0v) is 12.7. The highest BCUT2D eigenvalue weighted by molar-refractivity contribution is 5.28. The van der Waals surface area contributed by atoms with Crippen LogP contribution in [0.25, 0.3) is 0 Å². The number of aliphatic hydroxyl groups is 3. The lowest BCUT2D eigenvalue weighted by Crippen LogP contribution is -2.31. The van der Waals surface area contributed by atoms with Crippen LogP contribution in [0.15, 0.2) is 24.3 Å². The second-order valence-corrected chi connectivity index (χ2v) is 5.01. The first-order chi connectivity index (χ1) is 10.2. The molecule has 0 bridgehead atoms. The van der Waals surface area contributed by atoms with E-state index < -0.39 is 6.10 Å². The number of benzene rings is 1. The Balaban J connectivity index is 2.44. The highest BCUT2D eigenvalue weighted by Gasteiger charge is 2.11. The van der Waals surface area contributed by atoms with Crippen molar-refractivity contribution in [2.45, 2.75) is 25.9 Å². The monoisotopic (exact) mass is 297 g/mol. The van der Waals surface area contributed by atoms with E-state index in [-0.39, 0.29) is 13.2 Å². The second-order valence-electron chi connectivity index (χ2n) is 5.01. The van der Waals surface area contributed by atoms with Gasteiger partial charge in [-0.1, -0.05) is 19.1 Å². The molecule has 3 N–H and O–H groups in total. The number of rotatable bonds is 11. The molecule has 0 amide bonds. The zero-order chi connectivity index (χ0) is 15.5. The van der Waals surface area contributed by atoms with Gasteiger partial charge >= 0.3 is 0 Å². The maximum atomic E-state index is 10.2. The van der Waals surface area contributed by atoms with Gasteiger partial charge in [0.2, 0.25) is 0 Å². The van der Waals surface area contributed by atoms with Gasteiger partial charge in [0.05, 0.1) is 25.9 Å². The van der Waals surface area contributed by atoms with Crippen LogP contribution in [0, 0.1) is 0 Å². The van der Waals surface area contributed by atoms with Crippen LogP contribution >= 0.6 is 0 Å². The standard InChI is InChI=1S/C16H27NO4/c1-2-13-21-15-5-3-14(4-6-15)16(20)7-8-17(9-11-18)10-12-19/h3-6,16,18-20H,2,7-13H2,1H3. The van der Waals surface area contributed by atoms with E-state index in [4.69, 9.17) is 14.9 Å². The largest absolute Gasteiger partial charge is 0.494 e. The molecule has 0 aliphatic heterocycles. The Morgan fingerprint density at radius 2 is 1.67 bits per heavy atom. The van der Waals surface area contributed by atoms with Gasteiger partial charge in [-0.05, 0) is 30.5 Å². The van der Waals surface area contributed by atoms with Crippen molar-refractivity contribution in [2.24, 2.45) is 0 Å². The van der Waals surface area contributed by atoms with Crippen LogP contribution in [0.3, 0.4) is 0 Å². The van der Waals surface area contributed by atoms with E-state index >= 15 is 0 Å². The average Bonchev–Trinajstić information content (AvgIpc) is 2.51. The van der Waals surface area contributed by atoms with Gasteiger partial charge in [0.1, 0.15) is 5.75 Å². The molecule has 0 fully saturated rings. The van der Waals surface area contributed by atoms with Crippen LogP contribution in [-0.2, 0) is 0 Å². The predicted octanol–water partition coefficient (Wildman–Crippen LogP) is 1.19. The van der Waals surface area contributed by atoms with Crippen molar-refractivity contribution in [3.8, 4) is 5.75 Å². The summed E-state index contributed by atoms with van der Waals surface area (Å²) in [7, 11) is 0. The fraction of sp³-hybridized carbons (Fsp3) is 0.625. The predicted molar refractivity (Wildman–Crippen MR) is 82.4 cm³/mol. The maximum Gasteiger partial charge on any atom is 0.119 e. The van der Waals surface area contributed by atoms with Crippen molar-refractivity contribution >= 4 is 0 Å². The Labute approximate surface area is 126 Å². The van der Waals surface area contributed by atoms with Crippen LogP contribution in [-0.4, -0.2) is 59.7 Å². The molecule has 0 aliphatic carbocycles. The third-order valence-electron chi connectivity index (χ3n) is 3.29. The minimum atomic E-state index is -0.551. The molecule has 1 atom stereocenters. The van der Waals surface area contributed by atoms with Crippen LogP contribution in [0.4, 0.5) is 0 Å². The molecule has 0 saturated heterocycles. The van der Waals surface area contributed by atoms with Crippen molar-refractivity contribution in [3.63, 3.8) is 0 Å². The van der Waals surface area contributed by atoms with Gasteiger partial charge in [0, 0.05) is 19.6 Å². The summed E-state index contributed by atoms with van der Waals surface area (Å²) >= 11 is 0. The maximum absolute atomic E-state index is 10.2. The molecular formula is C16H27NO4. The third kappa shape index (κ3) is 6.91. The van der Waals surface area contributed by atoms with E-state index in [1.54, 1.807) is 0 Å². The minimum Gasteiger partial charge on any atom is -0.494 e. The lowest BCUT2D eigenvalue weighted by atomic mass is 10.1. The fourth-order valence-corrected chi connectivity index (χ4v) is 2.10. The fourth-order valence-electron chi connectivity index (χ4n) is 2.10. The molecule has 0 spiro atoms. The summed E-state index contributed by atoms with van der Waals surface area (Å²) in [4.78, 5) is 1.93. The Morgan fingerprint density at radius 3 is 2.19 bits per heavy atom. The summed E-state index contributed by atoms with van der Waals surface area (Å²) in [5.74, 6) is 0.815. The van der Waals surface area contributed by atoms with E-state index in [1.807, 2.05) is 29.2 Å². The first kappa shape index (κ1) is 17.9. The summed E-state index contributed by atoms with van der Waals surface area (Å²) in [6.07, 6.45) is 0.982. The Bertz CT molecular complexity index is 363. The average molecular weight is 297 g/mol. The Kier molecular flexibility index (Phi) is 9.01. The molecule has 0 aliphatic rings. The van der Waals surface area contributed by atoms with Crippen molar-refractivity contribution in [1.82, 2.24) is 4.90 Å². The molecule has 1 rings (SSSR count). The molecule has 5 nitrogen and oxygen atoms in total. The van der Waals surface area contributed by atoms with E-state index in [9.17, 15) is 5.11 Å². The molecule has 120 valence electrons. The SMILES string of the molecule is CCCOc1ccc(C(O)CCN(CCO)CCO)cc1. The van der Waals surface area contributed by atoms with E-state index in [0.717, 1.165) is 17.7 Å². The van der Waals surface area contributed by atoms with Crippen molar-refractivity contribution in [1.29, 1.82) is 0 Å². The Hall–Kier alpha value is -1.14. The van der Waals surface area contributed by atoms with Gasteiger partial charge in [0.25, 0.3) is 0 Å². The van der Waals surface area contributed by atoms with Gasteiger partial charge in [-0.2, -0.15) is 0 Å². The molecule has 0 saturated carbocycles. The molecule has 0 heterocycles. The van der Waals surface area contributed by atoms with E-state index in [1.165, 1.54) is 0 Å². The van der Waals surface area contributed by atoms with E-state index in [2.05, 4.69) is 6.92 Å². The van der Waals surface area contributed by atoms with Crippen molar-refractivity contribution < 1.29 is 20.1 Å². The highest BCUT2D eigenvalue weighted by atomic mass is 16.5. The van der Waals surface area contributed by atoms with Crippen LogP contribution in [0.1, 0.15) is 31.4 Å². The third-order valence-corrected chi connectivity index (χ3v) is 3.29. The number of hydrogen-bond donors (Lipinski definition) is 3. The topological polar surface area (TPSA) is 73.2 Å². The van der Waals surface area contributed by atoms with Crippen LogP contribution < -0.4 is 4.74 Å². The normalized spacial score (nSPS) is 12.6. The van der Waals surface area contributed by atoms with Gasteiger partial charge in [0.15, 0.2) is 0 Å². The van der Waals surface area contributed by atoms with Crippen LogP contribution in [0.2, 0.25) is 0 Å². The first-order valence-electron chi connectivity index (χ1n) is 7.56. The summed E-state index contributed by atoms with van der Waals surface area (Å²) < 4.78 is 5.51. The quantitative estimate of drug-likeness (QED) is 0.572. The summed E-state index contributed by atoms with van der Waals surface area (Å²) in [6, 6.07) is 7.48. The molecule has 1 unspecified atom stereocenters. The van der Waals surface area contributed by atoms with Crippen LogP contribution in [0.5, 0.6) is 5.75 Å². The summed E-state index contributed by atoms with van der Waals surface area (Å²) in [5, 5.41) is 28.1. The number of aliphatic hydroxyl groups excluding tert-OH is 3. The number of ether oxygens (including phenoxy) is 1. The van der Waals surface area contributed by atoms with E-state index in [0.29, 0.717) is 32.7 Å². The van der Waals surface area contributed by atoms with Gasteiger partial charge in [-0.15, -0.1) is 0 Å². The highest BCUT2D eigenvalue weighted by Crippen LogP contribution is 2.20.